The van der Waals surface area contributed by atoms with E-state index in [1.54, 1.807) is 0 Å². The number of H-pyrrole nitrogens is 1. The van der Waals surface area contributed by atoms with Gasteiger partial charge in [-0.05, 0) is 12.5 Å². The van der Waals surface area contributed by atoms with Crippen molar-refractivity contribution in [3.63, 3.8) is 0 Å². The minimum atomic E-state index is 0.00162. The Labute approximate surface area is 87.6 Å². The number of aryl methyl sites for hydroxylation is 1. The Kier molecular flexibility index (Phi) is 2.99. The molecule has 0 radical (unpaired) electrons. The fraction of sp³-hybridized carbons (Fsp3) is 0.364. The minimum absolute atomic E-state index is 0.00162. The molecule has 0 amide bonds. The highest BCUT2D eigenvalue weighted by molar-refractivity contribution is 5.78. The molecule has 1 heterocycles. The van der Waals surface area contributed by atoms with Gasteiger partial charge in [-0.15, -0.1) is 0 Å². The van der Waals surface area contributed by atoms with Crippen LogP contribution in [0.15, 0.2) is 18.2 Å². The summed E-state index contributed by atoms with van der Waals surface area (Å²) in [5, 5.41) is 17.8. The summed E-state index contributed by atoms with van der Waals surface area (Å²) in [5.74, 6) is 0.861. The number of hydrogen-bond donors (Lipinski definition) is 3. The highest BCUT2D eigenvalue weighted by atomic mass is 16.3. The van der Waals surface area contributed by atoms with Crippen LogP contribution in [0.25, 0.3) is 11.0 Å². The highest BCUT2D eigenvalue weighted by Gasteiger charge is 2.05. The quantitative estimate of drug-likeness (QED) is 0.698. The summed E-state index contributed by atoms with van der Waals surface area (Å²) in [6, 6.07) is 5.69. The molecule has 3 N–H and O–H groups in total. The van der Waals surface area contributed by atoms with Crippen molar-refractivity contribution in [2.24, 2.45) is 0 Å². The maximum atomic E-state index is 9.13. The predicted molar refractivity (Wildman–Crippen MR) is 57.4 cm³/mol. The average molecular weight is 206 g/mol. The number of benzene rings is 1. The van der Waals surface area contributed by atoms with Gasteiger partial charge in [-0.1, -0.05) is 12.1 Å². The summed E-state index contributed by atoms with van der Waals surface area (Å²) in [4.78, 5) is 7.57. The first kappa shape index (κ1) is 10.1. The number of aliphatic hydroxyl groups excluding tert-OH is 2. The molecule has 80 valence electrons. The van der Waals surface area contributed by atoms with Crippen LogP contribution in [0.1, 0.15) is 17.8 Å². The Morgan fingerprint density at radius 1 is 1.27 bits per heavy atom. The second-order valence-corrected chi connectivity index (χ2v) is 3.48. The lowest BCUT2D eigenvalue weighted by molar-refractivity contribution is 0.283. The lowest BCUT2D eigenvalue weighted by Gasteiger charge is -1.94. The molecule has 1 aromatic heterocycles. The number of para-hydroxylation sites is 1. The van der Waals surface area contributed by atoms with Crippen LogP contribution < -0.4 is 0 Å². The van der Waals surface area contributed by atoms with Gasteiger partial charge in [-0.3, -0.25) is 0 Å². The summed E-state index contributed by atoms with van der Waals surface area (Å²) in [5.41, 5.74) is 2.60. The van der Waals surface area contributed by atoms with Gasteiger partial charge in [0.2, 0.25) is 0 Å². The lowest BCUT2D eigenvalue weighted by atomic mass is 10.2. The first-order chi connectivity index (χ1) is 7.35. The summed E-state index contributed by atoms with van der Waals surface area (Å²) < 4.78 is 0. The number of aliphatic hydroxyl groups is 2. The topological polar surface area (TPSA) is 69.1 Å². The number of aromatic nitrogens is 2. The zero-order chi connectivity index (χ0) is 10.7. The fourth-order valence-corrected chi connectivity index (χ4v) is 1.64. The maximum Gasteiger partial charge on any atom is 0.107 e. The molecule has 0 atom stereocenters. The number of imidazole rings is 1. The van der Waals surface area contributed by atoms with Crippen molar-refractivity contribution in [2.45, 2.75) is 19.4 Å². The molecule has 0 saturated heterocycles. The third-order valence-corrected chi connectivity index (χ3v) is 2.39. The van der Waals surface area contributed by atoms with E-state index in [4.69, 9.17) is 10.2 Å². The van der Waals surface area contributed by atoms with Crippen molar-refractivity contribution in [1.82, 2.24) is 9.97 Å². The number of nitrogens with one attached hydrogen (secondary N) is 1. The van der Waals surface area contributed by atoms with Crippen LogP contribution in [0, 0.1) is 0 Å². The number of hydrogen-bond acceptors (Lipinski definition) is 3. The Morgan fingerprint density at radius 2 is 2.13 bits per heavy atom. The number of rotatable bonds is 4. The molecule has 4 heteroatoms. The molecule has 15 heavy (non-hydrogen) atoms. The largest absolute Gasteiger partial charge is 0.396 e. The maximum absolute atomic E-state index is 9.13. The first-order valence-corrected chi connectivity index (χ1v) is 5.03. The molecule has 0 aliphatic carbocycles. The van der Waals surface area contributed by atoms with Crippen molar-refractivity contribution in [3.05, 3.63) is 29.6 Å². The van der Waals surface area contributed by atoms with Gasteiger partial charge < -0.3 is 15.2 Å². The Morgan fingerprint density at radius 3 is 2.87 bits per heavy atom. The van der Waals surface area contributed by atoms with E-state index in [0.717, 1.165) is 28.8 Å². The van der Waals surface area contributed by atoms with E-state index >= 15 is 0 Å². The van der Waals surface area contributed by atoms with Gasteiger partial charge in [0.25, 0.3) is 0 Å². The standard InChI is InChI=1S/C11H14N2O2/c14-6-2-5-10-12-9-4-1-3-8(7-15)11(9)13-10/h1,3-4,14-15H,2,5-7H2,(H,12,13). The van der Waals surface area contributed by atoms with Gasteiger partial charge in [0.1, 0.15) is 5.82 Å². The minimum Gasteiger partial charge on any atom is -0.396 e. The van der Waals surface area contributed by atoms with Crippen molar-refractivity contribution < 1.29 is 10.2 Å². The summed E-state index contributed by atoms with van der Waals surface area (Å²) in [6.07, 6.45) is 1.43. The van der Waals surface area contributed by atoms with Crippen LogP contribution in [0.5, 0.6) is 0 Å². The molecule has 0 fully saturated rings. The average Bonchev–Trinajstić information content (AvgIpc) is 2.68. The van der Waals surface area contributed by atoms with Crippen LogP contribution in [0.4, 0.5) is 0 Å². The molecule has 0 bridgehead atoms. The summed E-state index contributed by atoms with van der Waals surface area (Å²) in [6.45, 7) is 0.172. The number of fused-ring (bicyclic) bond motifs is 1. The Bertz CT molecular complexity index is 451. The van der Waals surface area contributed by atoms with E-state index < -0.39 is 0 Å². The van der Waals surface area contributed by atoms with E-state index in [-0.39, 0.29) is 13.2 Å². The van der Waals surface area contributed by atoms with Gasteiger partial charge in [-0.2, -0.15) is 0 Å². The van der Waals surface area contributed by atoms with Crippen LogP contribution in [-0.4, -0.2) is 26.8 Å². The van der Waals surface area contributed by atoms with Gasteiger partial charge >= 0.3 is 0 Å². The van der Waals surface area contributed by atoms with Crippen molar-refractivity contribution in [3.8, 4) is 0 Å². The monoisotopic (exact) mass is 206 g/mol. The van der Waals surface area contributed by atoms with Crippen LogP contribution in [0.3, 0.4) is 0 Å². The Hall–Kier alpha value is -1.39. The Balaban J connectivity index is 2.37. The van der Waals surface area contributed by atoms with Crippen LogP contribution in [0.2, 0.25) is 0 Å². The second-order valence-electron chi connectivity index (χ2n) is 3.48. The molecular formula is C11H14N2O2. The number of nitrogens with zero attached hydrogens (tertiary/aromatic N) is 1. The third-order valence-electron chi connectivity index (χ3n) is 2.39. The molecule has 2 aromatic rings. The lowest BCUT2D eigenvalue weighted by Crippen LogP contribution is -1.91. The van der Waals surface area contributed by atoms with E-state index in [9.17, 15) is 0 Å². The SMILES string of the molecule is OCCCc1nc2c(CO)cccc2[nH]1. The van der Waals surface area contributed by atoms with Gasteiger partial charge in [0, 0.05) is 18.6 Å². The fourth-order valence-electron chi connectivity index (χ4n) is 1.64. The van der Waals surface area contributed by atoms with Crippen LogP contribution in [-0.2, 0) is 13.0 Å². The molecule has 0 unspecified atom stereocenters. The van der Waals surface area contributed by atoms with E-state index in [1.165, 1.54) is 0 Å². The number of aromatic amines is 1. The molecule has 0 spiro atoms. The molecule has 0 saturated carbocycles. The van der Waals surface area contributed by atoms with Gasteiger partial charge in [0.15, 0.2) is 0 Å². The van der Waals surface area contributed by atoms with Gasteiger partial charge in [-0.25, -0.2) is 4.98 Å². The predicted octanol–water partition coefficient (Wildman–Crippen LogP) is 0.980. The first-order valence-electron chi connectivity index (χ1n) is 5.03. The van der Waals surface area contributed by atoms with E-state index in [1.807, 2.05) is 18.2 Å². The zero-order valence-electron chi connectivity index (χ0n) is 8.40. The molecule has 0 aliphatic rings. The second kappa shape index (κ2) is 4.42. The third kappa shape index (κ3) is 2.00. The van der Waals surface area contributed by atoms with Crippen molar-refractivity contribution in [2.75, 3.05) is 6.61 Å². The highest BCUT2D eigenvalue weighted by Crippen LogP contribution is 2.16. The normalized spacial score (nSPS) is 11.1. The summed E-state index contributed by atoms with van der Waals surface area (Å²) >= 11 is 0. The molecule has 2 rings (SSSR count). The van der Waals surface area contributed by atoms with Crippen molar-refractivity contribution in [1.29, 1.82) is 0 Å². The molecule has 1 aromatic carbocycles. The molecule has 0 aliphatic heterocycles. The van der Waals surface area contributed by atoms with Gasteiger partial charge in [0.05, 0.1) is 17.6 Å². The molecule has 4 nitrogen and oxygen atoms in total. The van der Waals surface area contributed by atoms with E-state index in [2.05, 4.69) is 9.97 Å². The smallest absolute Gasteiger partial charge is 0.107 e. The summed E-state index contributed by atoms with van der Waals surface area (Å²) in [7, 11) is 0. The zero-order valence-corrected chi connectivity index (χ0v) is 8.40. The van der Waals surface area contributed by atoms with Crippen LogP contribution >= 0.6 is 0 Å². The van der Waals surface area contributed by atoms with E-state index in [0.29, 0.717) is 6.42 Å². The van der Waals surface area contributed by atoms with Crippen molar-refractivity contribution >= 4 is 11.0 Å². The molecular weight excluding hydrogens is 192 g/mol.